The molecule has 0 saturated heterocycles. The van der Waals surface area contributed by atoms with Gasteiger partial charge in [0, 0.05) is 47.4 Å². The van der Waals surface area contributed by atoms with Crippen LogP contribution in [0.15, 0.2) is 65.1 Å². The van der Waals surface area contributed by atoms with Crippen LogP contribution in [0.5, 0.6) is 5.75 Å². The van der Waals surface area contributed by atoms with E-state index in [1.807, 2.05) is 24.3 Å². The van der Waals surface area contributed by atoms with E-state index in [4.69, 9.17) is 14.6 Å². The number of nitrogens with zero attached hydrogens (tertiary/aromatic N) is 2. The van der Waals surface area contributed by atoms with E-state index in [0.717, 1.165) is 70.9 Å². The summed E-state index contributed by atoms with van der Waals surface area (Å²) in [6.07, 6.45) is 1.10. The van der Waals surface area contributed by atoms with Gasteiger partial charge >= 0.3 is 0 Å². The second kappa shape index (κ2) is 9.45. The van der Waals surface area contributed by atoms with Crippen LogP contribution in [0.1, 0.15) is 13.3 Å². The minimum absolute atomic E-state index is 0.441. The Hall–Kier alpha value is -3.31. The maximum atomic E-state index is 8.08. The van der Waals surface area contributed by atoms with Crippen molar-refractivity contribution in [2.75, 3.05) is 45.7 Å². The fourth-order valence-electron chi connectivity index (χ4n) is 4.19. The molecule has 2 aliphatic rings. The molecule has 32 heavy (non-hydrogen) atoms. The molecule has 2 aromatic carbocycles. The fraction of sp³-hybridized carbons (Fsp3) is 0.296. The largest absolute Gasteiger partial charge is 0.497 e. The van der Waals surface area contributed by atoms with Crippen molar-refractivity contribution < 1.29 is 9.15 Å². The number of hydrogen-bond donors (Lipinski definition) is 1. The number of fused-ring (bicyclic) bond motifs is 2. The second-order valence-electron chi connectivity index (χ2n) is 8.33. The van der Waals surface area contributed by atoms with E-state index in [1.54, 1.807) is 13.2 Å². The van der Waals surface area contributed by atoms with Crippen molar-refractivity contribution in [1.82, 2.24) is 4.90 Å². The van der Waals surface area contributed by atoms with Gasteiger partial charge in [0.2, 0.25) is 0 Å². The average molecular weight is 430 g/mol. The van der Waals surface area contributed by atoms with Crippen LogP contribution in [-0.4, -0.2) is 45.7 Å². The van der Waals surface area contributed by atoms with Crippen LogP contribution >= 0.6 is 0 Å². The van der Waals surface area contributed by atoms with Crippen molar-refractivity contribution in [3.63, 3.8) is 0 Å². The Balaban J connectivity index is 1.85. The van der Waals surface area contributed by atoms with Gasteiger partial charge in [0.05, 0.1) is 12.5 Å². The predicted octanol–water partition coefficient (Wildman–Crippen LogP) is 5.47. The van der Waals surface area contributed by atoms with Gasteiger partial charge in [-0.05, 0) is 75.9 Å². The number of ether oxygens (including phenoxy) is 1. The molecule has 0 radical (unpaired) electrons. The SMILES string of the molecule is CCN(CCCN(C)C)c1ccc2c(-c3ccc(OC)cc3)c3ccc(=N)cc-3oc2c1. The highest BCUT2D eigenvalue weighted by atomic mass is 16.5. The molecule has 0 spiro atoms. The van der Waals surface area contributed by atoms with E-state index in [-0.39, 0.29) is 0 Å². The molecule has 166 valence electrons. The molecule has 0 saturated carbocycles. The van der Waals surface area contributed by atoms with Crippen LogP contribution in [0.25, 0.3) is 33.4 Å². The highest BCUT2D eigenvalue weighted by Gasteiger charge is 2.18. The van der Waals surface area contributed by atoms with Crippen molar-refractivity contribution in [1.29, 1.82) is 5.41 Å². The van der Waals surface area contributed by atoms with Crippen molar-refractivity contribution in [3.05, 3.63) is 66.0 Å². The molecular weight excluding hydrogens is 398 g/mol. The number of anilines is 1. The number of rotatable bonds is 8. The average Bonchev–Trinajstić information content (AvgIpc) is 2.80. The second-order valence-corrected chi connectivity index (χ2v) is 8.33. The summed E-state index contributed by atoms with van der Waals surface area (Å²) in [5, 5.41) is 9.58. The van der Waals surface area contributed by atoms with E-state index in [1.165, 1.54) is 0 Å². The smallest absolute Gasteiger partial charge is 0.137 e. The Labute approximate surface area is 189 Å². The Morgan fingerprint density at radius 1 is 0.938 bits per heavy atom. The molecule has 0 amide bonds. The zero-order valence-corrected chi connectivity index (χ0v) is 19.3. The van der Waals surface area contributed by atoms with E-state index in [9.17, 15) is 0 Å². The van der Waals surface area contributed by atoms with Gasteiger partial charge < -0.3 is 24.4 Å². The first-order valence-electron chi connectivity index (χ1n) is 11.1. The fourth-order valence-corrected chi connectivity index (χ4v) is 4.19. The Morgan fingerprint density at radius 2 is 1.72 bits per heavy atom. The lowest BCUT2D eigenvalue weighted by Crippen LogP contribution is -2.26. The lowest BCUT2D eigenvalue weighted by molar-refractivity contribution is 0.400. The third kappa shape index (κ3) is 4.48. The summed E-state index contributed by atoms with van der Waals surface area (Å²) in [4.78, 5) is 4.60. The summed E-state index contributed by atoms with van der Waals surface area (Å²) >= 11 is 0. The zero-order chi connectivity index (χ0) is 22.7. The Morgan fingerprint density at radius 3 is 2.41 bits per heavy atom. The zero-order valence-electron chi connectivity index (χ0n) is 19.3. The van der Waals surface area contributed by atoms with Gasteiger partial charge in [-0.15, -0.1) is 0 Å². The molecule has 0 atom stereocenters. The van der Waals surface area contributed by atoms with Gasteiger partial charge in [-0.3, -0.25) is 0 Å². The van der Waals surface area contributed by atoms with Gasteiger partial charge in [-0.25, -0.2) is 0 Å². The molecule has 5 heteroatoms. The lowest BCUT2D eigenvalue weighted by Gasteiger charge is -2.25. The third-order valence-electron chi connectivity index (χ3n) is 5.86. The van der Waals surface area contributed by atoms with Crippen molar-refractivity contribution in [2.24, 2.45) is 0 Å². The Bertz CT molecular complexity index is 1230. The van der Waals surface area contributed by atoms with Crippen LogP contribution < -0.4 is 15.0 Å². The van der Waals surface area contributed by atoms with Gasteiger partial charge in [-0.2, -0.15) is 0 Å². The number of benzene rings is 3. The summed E-state index contributed by atoms with van der Waals surface area (Å²) in [6, 6.07) is 20.2. The maximum absolute atomic E-state index is 8.08. The van der Waals surface area contributed by atoms with Gasteiger partial charge in [-0.1, -0.05) is 12.1 Å². The molecular formula is C27H31N3O2. The normalized spacial score (nSPS) is 11.4. The minimum atomic E-state index is 0.441. The molecule has 2 aromatic rings. The Kier molecular flexibility index (Phi) is 6.47. The van der Waals surface area contributed by atoms with E-state index in [0.29, 0.717) is 5.36 Å². The number of methoxy groups -OCH3 is 1. The molecule has 0 bridgehead atoms. The molecule has 1 aliphatic carbocycles. The summed E-state index contributed by atoms with van der Waals surface area (Å²) in [5.41, 5.74) is 5.21. The van der Waals surface area contributed by atoms with Crippen LogP contribution in [0.4, 0.5) is 5.69 Å². The standard InChI is InChI=1S/C27H31N3O2/c1-5-30(16-6-15-29(2)3)21-10-14-24-26(18-21)32-25-17-20(28)9-13-23(25)27(24)19-7-11-22(31-4)12-8-19/h7-14,17-18,28H,5-6,15-16H2,1-4H3. The topological polar surface area (TPSA) is 52.7 Å². The van der Waals surface area contributed by atoms with Gasteiger partial charge in [0.25, 0.3) is 0 Å². The molecule has 0 unspecified atom stereocenters. The first kappa shape index (κ1) is 21.9. The first-order valence-corrected chi connectivity index (χ1v) is 11.1. The third-order valence-corrected chi connectivity index (χ3v) is 5.86. The molecule has 1 aliphatic heterocycles. The molecule has 1 N–H and O–H groups in total. The van der Waals surface area contributed by atoms with E-state index in [2.05, 4.69) is 61.2 Å². The van der Waals surface area contributed by atoms with E-state index < -0.39 is 0 Å². The lowest BCUT2D eigenvalue weighted by atomic mass is 9.93. The molecule has 0 fully saturated rings. The van der Waals surface area contributed by atoms with Crippen LogP contribution in [0, 0.1) is 5.41 Å². The van der Waals surface area contributed by atoms with E-state index >= 15 is 0 Å². The van der Waals surface area contributed by atoms with Crippen LogP contribution in [-0.2, 0) is 0 Å². The van der Waals surface area contributed by atoms with Crippen LogP contribution in [0.3, 0.4) is 0 Å². The molecule has 4 rings (SSSR count). The first-order chi connectivity index (χ1) is 15.5. The van der Waals surface area contributed by atoms with Crippen LogP contribution in [0.2, 0.25) is 0 Å². The highest BCUT2D eigenvalue weighted by Crippen LogP contribution is 2.41. The minimum Gasteiger partial charge on any atom is -0.497 e. The van der Waals surface area contributed by atoms with Crippen molar-refractivity contribution >= 4 is 16.7 Å². The highest BCUT2D eigenvalue weighted by molar-refractivity contribution is 6.02. The number of nitrogens with one attached hydrogen (secondary N) is 1. The number of hydrogen-bond acceptors (Lipinski definition) is 5. The maximum Gasteiger partial charge on any atom is 0.137 e. The monoisotopic (exact) mass is 429 g/mol. The molecule has 5 nitrogen and oxygen atoms in total. The summed E-state index contributed by atoms with van der Waals surface area (Å²) < 4.78 is 11.7. The molecule has 0 aromatic heterocycles. The van der Waals surface area contributed by atoms with Crippen molar-refractivity contribution in [2.45, 2.75) is 13.3 Å². The van der Waals surface area contributed by atoms with Gasteiger partial charge in [0.15, 0.2) is 0 Å². The summed E-state index contributed by atoms with van der Waals surface area (Å²) in [6.45, 7) is 5.18. The summed E-state index contributed by atoms with van der Waals surface area (Å²) in [7, 11) is 5.89. The molecule has 1 heterocycles. The van der Waals surface area contributed by atoms with Crippen molar-refractivity contribution in [3.8, 4) is 28.2 Å². The summed E-state index contributed by atoms with van der Waals surface area (Å²) in [5.74, 6) is 1.55. The predicted molar refractivity (Wildman–Crippen MR) is 132 cm³/mol. The quantitative estimate of drug-likeness (QED) is 0.377. The van der Waals surface area contributed by atoms with Gasteiger partial charge in [0.1, 0.15) is 17.1 Å².